The molecule has 0 radical (unpaired) electrons. The Morgan fingerprint density at radius 1 is 1.50 bits per heavy atom. The Labute approximate surface area is 118 Å². The number of aryl methyl sites for hydroxylation is 1. The number of rotatable bonds is 3. The number of aromatic nitrogens is 2. The van der Waals surface area contributed by atoms with Crippen LogP contribution in [-0.4, -0.2) is 15.7 Å². The zero-order valence-electron chi connectivity index (χ0n) is 9.65. The van der Waals surface area contributed by atoms with E-state index >= 15 is 0 Å². The van der Waals surface area contributed by atoms with Gasteiger partial charge in [0.2, 0.25) is 0 Å². The smallest absolute Gasteiger partial charge is 0.251 e. The first-order valence-electron chi connectivity index (χ1n) is 5.26. The highest BCUT2D eigenvalue weighted by Gasteiger charge is 2.07. The molecule has 0 atom stereocenters. The lowest BCUT2D eigenvalue weighted by molar-refractivity contribution is 0.0951. The van der Waals surface area contributed by atoms with Gasteiger partial charge in [-0.15, -0.1) is 0 Å². The molecule has 0 aliphatic rings. The third kappa shape index (κ3) is 3.34. The number of nitrogens with one attached hydrogen (secondary N) is 1. The monoisotopic (exact) mass is 327 g/mol. The summed E-state index contributed by atoms with van der Waals surface area (Å²) in [5.41, 5.74) is 1.48. The lowest BCUT2D eigenvalue weighted by atomic mass is 10.2. The molecule has 0 saturated carbocycles. The van der Waals surface area contributed by atoms with Crippen molar-refractivity contribution in [3.8, 4) is 0 Å². The van der Waals surface area contributed by atoms with Crippen LogP contribution >= 0.6 is 27.5 Å². The summed E-state index contributed by atoms with van der Waals surface area (Å²) in [7, 11) is 1.83. The molecule has 0 spiro atoms. The molecule has 0 fully saturated rings. The van der Waals surface area contributed by atoms with Gasteiger partial charge in [-0.2, -0.15) is 5.10 Å². The van der Waals surface area contributed by atoms with Gasteiger partial charge in [-0.25, -0.2) is 0 Å². The average Bonchev–Trinajstić information content (AvgIpc) is 2.70. The van der Waals surface area contributed by atoms with Crippen LogP contribution in [0.25, 0.3) is 0 Å². The van der Waals surface area contributed by atoms with Gasteiger partial charge < -0.3 is 5.32 Å². The van der Waals surface area contributed by atoms with Crippen LogP contribution in [0.3, 0.4) is 0 Å². The molecule has 1 aromatic heterocycles. The second-order valence-corrected chi connectivity index (χ2v) is 5.22. The molecule has 4 nitrogen and oxygen atoms in total. The van der Waals surface area contributed by atoms with Gasteiger partial charge in [0.25, 0.3) is 5.91 Å². The predicted octanol–water partition coefficient (Wildman–Crippen LogP) is 2.77. The topological polar surface area (TPSA) is 46.9 Å². The van der Waals surface area contributed by atoms with E-state index in [0.717, 1.165) is 10.0 Å². The zero-order valence-corrected chi connectivity index (χ0v) is 12.0. The minimum absolute atomic E-state index is 0.165. The molecule has 2 rings (SSSR count). The number of carbonyl (C=O) groups is 1. The van der Waals surface area contributed by atoms with Crippen molar-refractivity contribution in [1.29, 1.82) is 0 Å². The molecule has 0 aliphatic carbocycles. The van der Waals surface area contributed by atoms with Crippen molar-refractivity contribution in [2.45, 2.75) is 6.54 Å². The number of halogens is 2. The lowest BCUT2D eigenvalue weighted by Crippen LogP contribution is -2.22. The van der Waals surface area contributed by atoms with E-state index in [2.05, 4.69) is 26.3 Å². The SMILES string of the molecule is Cn1cc(CNC(=O)c2cc(Cl)cc(Br)c2)cn1. The number of hydrogen-bond donors (Lipinski definition) is 1. The molecule has 0 saturated heterocycles. The molecule has 0 bridgehead atoms. The van der Waals surface area contributed by atoms with Gasteiger partial charge in [-0.1, -0.05) is 27.5 Å². The molecular weight excluding hydrogens is 318 g/mol. The number of benzene rings is 1. The van der Waals surface area contributed by atoms with E-state index in [0.29, 0.717) is 17.1 Å². The molecule has 0 unspecified atom stereocenters. The molecule has 94 valence electrons. The minimum atomic E-state index is -0.165. The Bertz CT molecular complexity index is 562. The van der Waals surface area contributed by atoms with E-state index in [1.54, 1.807) is 29.1 Å². The lowest BCUT2D eigenvalue weighted by Gasteiger charge is -2.04. The Kier molecular flexibility index (Phi) is 4.04. The Hall–Kier alpha value is -1.33. The van der Waals surface area contributed by atoms with E-state index in [1.807, 2.05) is 13.2 Å². The van der Waals surface area contributed by atoms with E-state index in [1.165, 1.54) is 0 Å². The number of carbonyl (C=O) groups excluding carboxylic acids is 1. The van der Waals surface area contributed by atoms with Crippen LogP contribution in [0.5, 0.6) is 0 Å². The standard InChI is InChI=1S/C12H11BrClN3O/c1-17-7-8(6-16-17)5-15-12(18)9-2-10(13)4-11(14)3-9/h2-4,6-7H,5H2,1H3,(H,15,18). The van der Waals surface area contributed by atoms with Crippen LogP contribution in [0, 0.1) is 0 Å². The van der Waals surface area contributed by atoms with Crippen molar-refractivity contribution in [1.82, 2.24) is 15.1 Å². The highest BCUT2D eigenvalue weighted by molar-refractivity contribution is 9.10. The summed E-state index contributed by atoms with van der Waals surface area (Å²) in [5.74, 6) is -0.165. The van der Waals surface area contributed by atoms with Crippen molar-refractivity contribution < 1.29 is 4.79 Å². The van der Waals surface area contributed by atoms with Gasteiger partial charge >= 0.3 is 0 Å². The summed E-state index contributed by atoms with van der Waals surface area (Å²) in [4.78, 5) is 11.9. The molecule has 1 N–H and O–H groups in total. The summed E-state index contributed by atoms with van der Waals surface area (Å²) in [6, 6.07) is 5.09. The highest BCUT2D eigenvalue weighted by atomic mass is 79.9. The van der Waals surface area contributed by atoms with Crippen molar-refractivity contribution >= 4 is 33.4 Å². The average molecular weight is 329 g/mol. The van der Waals surface area contributed by atoms with E-state index in [4.69, 9.17) is 11.6 Å². The van der Waals surface area contributed by atoms with Crippen molar-refractivity contribution in [3.05, 3.63) is 51.2 Å². The Morgan fingerprint density at radius 3 is 2.89 bits per heavy atom. The van der Waals surface area contributed by atoms with Crippen LogP contribution < -0.4 is 5.32 Å². The van der Waals surface area contributed by atoms with Crippen LogP contribution in [0.15, 0.2) is 35.1 Å². The van der Waals surface area contributed by atoms with Crippen LogP contribution in [0.2, 0.25) is 5.02 Å². The second kappa shape index (κ2) is 5.54. The first-order chi connectivity index (χ1) is 8.54. The maximum absolute atomic E-state index is 11.9. The molecule has 1 aromatic carbocycles. The van der Waals surface area contributed by atoms with Crippen molar-refractivity contribution in [3.63, 3.8) is 0 Å². The normalized spacial score (nSPS) is 10.4. The van der Waals surface area contributed by atoms with E-state index in [-0.39, 0.29) is 5.91 Å². The first kappa shape index (κ1) is 13.1. The molecule has 1 heterocycles. The fourth-order valence-electron chi connectivity index (χ4n) is 1.53. The van der Waals surface area contributed by atoms with Gasteiger partial charge in [0.05, 0.1) is 6.20 Å². The van der Waals surface area contributed by atoms with Gasteiger partial charge in [-0.05, 0) is 18.2 Å². The third-order valence-electron chi connectivity index (χ3n) is 2.34. The summed E-state index contributed by atoms with van der Waals surface area (Å²) in [5, 5.41) is 7.37. The molecule has 1 amide bonds. The number of amides is 1. The van der Waals surface area contributed by atoms with E-state index in [9.17, 15) is 4.79 Å². The maximum Gasteiger partial charge on any atom is 0.251 e. The van der Waals surface area contributed by atoms with Crippen molar-refractivity contribution in [2.24, 2.45) is 7.05 Å². The summed E-state index contributed by atoms with van der Waals surface area (Å²) in [6.45, 7) is 0.441. The summed E-state index contributed by atoms with van der Waals surface area (Å²) >= 11 is 9.19. The summed E-state index contributed by atoms with van der Waals surface area (Å²) < 4.78 is 2.47. The predicted molar refractivity (Wildman–Crippen MR) is 73.5 cm³/mol. The van der Waals surface area contributed by atoms with Crippen LogP contribution in [-0.2, 0) is 13.6 Å². The van der Waals surface area contributed by atoms with Crippen LogP contribution in [0.1, 0.15) is 15.9 Å². The second-order valence-electron chi connectivity index (χ2n) is 3.86. The van der Waals surface area contributed by atoms with Gasteiger partial charge in [0.15, 0.2) is 0 Å². The molecule has 6 heteroatoms. The highest BCUT2D eigenvalue weighted by Crippen LogP contribution is 2.19. The fourth-order valence-corrected chi connectivity index (χ4v) is 2.39. The maximum atomic E-state index is 11.9. The third-order valence-corrected chi connectivity index (χ3v) is 3.01. The Morgan fingerprint density at radius 2 is 2.28 bits per heavy atom. The molecular formula is C12H11BrClN3O. The molecule has 18 heavy (non-hydrogen) atoms. The number of nitrogens with zero attached hydrogens (tertiary/aromatic N) is 2. The van der Waals surface area contributed by atoms with Gasteiger partial charge in [0.1, 0.15) is 0 Å². The molecule has 0 aliphatic heterocycles. The van der Waals surface area contributed by atoms with Gasteiger partial charge in [0, 0.05) is 40.4 Å². The number of hydrogen-bond acceptors (Lipinski definition) is 2. The zero-order chi connectivity index (χ0) is 13.1. The molecule has 2 aromatic rings. The van der Waals surface area contributed by atoms with Gasteiger partial charge in [-0.3, -0.25) is 9.48 Å². The van der Waals surface area contributed by atoms with Crippen LogP contribution in [0.4, 0.5) is 0 Å². The Balaban J connectivity index is 2.03. The summed E-state index contributed by atoms with van der Waals surface area (Å²) in [6.07, 6.45) is 3.57. The fraction of sp³-hybridized carbons (Fsp3) is 0.167. The first-order valence-corrected chi connectivity index (χ1v) is 6.43. The quantitative estimate of drug-likeness (QED) is 0.942. The van der Waals surface area contributed by atoms with Crippen molar-refractivity contribution in [2.75, 3.05) is 0 Å². The minimum Gasteiger partial charge on any atom is -0.348 e. The van der Waals surface area contributed by atoms with E-state index < -0.39 is 0 Å². The largest absolute Gasteiger partial charge is 0.348 e.